The molecule has 2 aromatic carbocycles. The van der Waals surface area contributed by atoms with E-state index in [1.807, 2.05) is 36.4 Å². The molecule has 26 heavy (non-hydrogen) atoms. The van der Waals surface area contributed by atoms with Crippen molar-refractivity contribution in [3.8, 4) is 22.4 Å². The summed E-state index contributed by atoms with van der Waals surface area (Å²) in [5, 5.41) is 1.22. The number of hydrogen-bond donors (Lipinski definition) is 0. The first-order chi connectivity index (χ1) is 12.5. The Kier molecular flexibility index (Phi) is 6.36. The van der Waals surface area contributed by atoms with E-state index in [1.54, 1.807) is 13.2 Å². The largest absolute Gasteiger partial charge is 0.378 e. The molecule has 0 aliphatic heterocycles. The van der Waals surface area contributed by atoms with Crippen LogP contribution in [-0.2, 0) is 17.8 Å². The average Bonchev–Trinajstić information content (AvgIpc) is 2.63. The monoisotopic (exact) mass is 449 g/mol. The van der Waals surface area contributed by atoms with E-state index in [0.29, 0.717) is 16.7 Å². The SMILES string of the molecule is CCc1cc(-c2ccc(Cl)cc2Cl)c(-c2ccc(Br)cc2)nc1COC. The zero-order chi connectivity index (χ0) is 18.7. The molecule has 1 heterocycles. The van der Waals surface area contributed by atoms with Gasteiger partial charge in [-0.15, -0.1) is 0 Å². The van der Waals surface area contributed by atoms with Crippen LogP contribution in [0.5, 0.6) is 0 Å². The van der Waals surface area contributed by atoms with Gasteiger partial charge in [-0.1, -0.05) is 64.3 Å². The molecule has 0 aliphatic rings. The standard InChI is InChI=1S/C21H18BrCl2NO/c1-3-13-10-18(17-9-8-16(23)11-19(17)24)21(25-20(13)12-26-2)14-4-6-15(22)7-5-14/h4-11H,3,12H2,1-2H3. The molecule has 0 saturated heterocycles. The Balaban J connectivity index is 2.28. The second-order valence-electron chi connectivity index (χ2n) is 5.91. The molecule has 0 bridgehead atoms. The lowest BCUT2D eigenvalue weighted by atomic mass is 9.95. The summed E-state index contributed by atoms with van der Waals surface area (Å²) in [6.45, 7) is 2.59. The molecular weight excluding hydrogens is 433 g/mol. The van der Waals surface area contributed by atoms with Crippen molar-refractivity contribution < 1.29 is 4.74 Å². The van der Waals surface area contributed by atoms with Crippen LogP contribution in [0.15, 0.2) is 53.0 Å². The third-order valence-electron chi connectivity index (χ3n) is 4.19. The number of benzene rings is 2. The number of hydrogen-bond acceptors (Lipinski definition) is 2. The summed E-state index contributed by atoms with van der Waals surface area (Å²) in [7, 11) is 1.68. The molecule has 3 aromatic rings. The second-order valence-corrected chi connectivity index (χ2v) is 7.67. The number of ether oxygens (including phenoxy) is 1. The van der Waals surface area contributed by atoms with Crippen LogP contribution in [0, 0.1) is 0 Å². The Morgan fingerprint density at radius 1 is 1.00 bits per heavy atom. The van der Waals surface area contributed by atoms with E-state index in [-0.39, 0.29) is 0 Å². The third kappa shape index (κ3) is 4.12. The fourth-order valence-electron chi connectivity index (χ4n) is 2.90. The number of halogens is 3. The Labute approximate surface area is 172 Å². The first kappa shape index (κ1) is 19.4. The van der Waals surface area contributed by atoms with E-state index in [9.17, 15) is 0 Å². The molecule has 0 amide bonds. The van der Waals surface area contributed by atoms with E-state index in [2.05, 4.69) is 28.9 Å². The first-order valence-corrected chi connectivity index (χ1v) is 9.81. The van der Waals surface area contributed by atoms with Crippen molar-refractivity contribution in [2.24, 2.45) is 0 Å². The maximum absolute atomic E-state index is 6.50. The number of nitrogens with zero attached hydrogens (tertiary/aromatic N) is 1. The predicted molar refractivity (Wildman–Crippen MR) is 113 cm³/mol. The van der Waals surface area contributed by atoms with Crippen molar-refractivity contribution in [3.05, 3.63) is 74.3 Å². The molecule has 5 heteroatoms. The van der Waals surface area contributed by atoms with Gasteiger partial charge in [0.25, 0.3) is 0 Å². The van der Waals surface area contributed by atoms with Crippen LogP contribution in [0.4, 0.5) is 0 Å². The Bertz CT molecular complexity index is 926. The van der Waals surface area contributed by atoms with Gasteiger partial charge in [0.15, 0.2) is 0 Å². The quantitative estimate of drug-likeness (QED) is 0.410. The van der Waals surface area contributed by atoms with Gasteiger partial charge in [-0.05, 0) is 42.3 Å². The summed E-state index contributed by atoms with van der Waals surface area (Å²) >= 11 is 16.1. The second kappa shape index (κ2) is 8.53. The highest BCUT2D eigenvalue weighted by Crippen LogP contribution is 2.38. The molecule has 3 rings (SSSR count). The molecule has 0 saturated carbocycles. The maximum atomic E-state index is 6.50. The van der Waals surface area contributed by atoms with Crippen LogP contribution in [-0.4, -0.2) is 12.1 Å². The number of aromatic nitrogens is 1. The van der Waals surface area contributed by atoms with E-state index in [4.69, 9.17) is 32.9 Å². The van der Waals surface area contributed by atoms with Crippen LogP contribution in [0.1, 0.15) is 18.2 Å². The molecule has 0 unspecified atom stereocenters. The summed E-state index contributed by atoms with van der Waals surface area (Å²) in [5.74, 6) is 0. The van der Waals surface area contributed by atoms with Gasteiger partial charge in [0.2, 0.25) is 0 Å². The van der Waals surface area contributed by atoms with Crippen molar-refractivity contribution in [2.75, 3.05) is 7.11 Å². The molecule has 2 nitrogen and oxygen atoms in total. The molecule has 0 spiro atoms. The summed E-state index contributed by atoms with van der Waals surface area (Å²) in [5.41, 5.74) is 5.90. The van der Waals surface area contributed by atoms with Crippen LogP contribution in [0.3, 0.4) is 0 Å². The summed E-state index contributed by atoms with van der Waals surface area (Å²) < 4.78 is 6.37. The van der Waals surface area contributed by atoms with Gasteiger partial charge in [-0.3, -0.25) is 0 Å². The summed E-state index contributed by atoms with van der Waals surface area (Å²) in [6, 6.07) is 15.8. The van der Waals surface area contributed by atoms with Crippen LogP contribution in [0.25, 0.3) is 22.4 Å². The topological polar surface area (TPSA) is 22.1 Å². The lowest BCUT2D eigenvalue weighted by molar-refractivity contribution is 0.181. The highest BCUT2D eigenvalue weighted by molar-refractivity contribution is 9.10. The summed E-state index contributed by atoms with van der Waals surface area (Å²) in [4.78, 5) is 4.94. The molecule has 0 atom stereocenters. The number of methoxy groups -OCH3 is 1. The molecule has 0 aliphatic carbocycles. The molecule has 1 aromatic heterocycles. The number of pyridine rings is 1. The Hall–Kier alpha value is -1.39. The smallest absolute Gasteiger partial charge is 0.0887 e. The molecular formula is C21H18BrCl2NO. The van der Waals surface area contributed by atoms with Gasteiger partial charge in [0.05, 0.1) is 18.0 Å². The van der Waals surface area contributed by atoms with Crippen molar-refractivity contribution >= 4 is 39.1 Å². The van der Waals surface area contributed by atoms with E-state index >= 15 is 0 Å². The van der Waals surface area contributed by atoms with Crippen LogP contribution < -0.4 is 0 Å². The van der Waals surface area contributed by atoms with Crippen molar-refractivity contribution in [1.82, 2.24) is 4.98 Å². The van der Waals surface area contributed by atoms with Gasteiger partial charge in [-0.2, -0.15) is 0 Å². The molecule has 134 valence electrons. The summed E-state index contributed by atoms with van der Waals surface area (Å²) in [6.07, 6.45) is 0.866. The Morgan fingerprint density at radius 2 is 1.73 bits per heavy atom. The van der Waals surface area contributed by atoms with E-state index in [0.717, 1.165) is 44.5 Å². The fourth-order valence-corrected chi connectivity index (χ4v) is 3.68. The van der Waals surface area contributed by atoms with Gasteiger partial charge in [0.1, 0.15) is 0 Å². The van der Waals surface area contributed by atoms with Gasteiger partial charge < -0.3 is 4.74 Å². The van der Waals surface area contributed by atoms with Gasteiger partial charge in [0, 0.05) is 38.3 Å². The van der Waals surface area contributed by atoms with Crippen molar-refractivity contribution in [1.29, 1.82) is 0 Å². The third-order valence-corrected chi connectivity index (χ3v) is 5.27. The first-order valence-electron chi connectivity index (χ1n) is 8.26. The minimum absolute atomic E-state index is 0.474. The van der Waals surface area contributed by atoms with E-state index < -0.39 is 0 Å². The minimum atomic E-state index is 0.474. The zero-order valence-corrected chi connectivity index (χ0v) is 17.6. The minimum Gasteiger partial charge on any atom is -0.378 e. The lowest BCUT2D eigenvalue weighted by Crippen LogP contribution is -2.03. The Morgan fingerprint density at radius 3 is 2.35 bits per heavy atom. The lowest BCUT2D eigenvalue weighted by Gasteiger charge is -2.16. The zero-order valence-electron chi connectivity index (χ0n) is 14.5. The normalized spacial score (nSPS) is 11.0. The molecule has 0 radical (unpaired) electrons. The number of aryl methyl sites for hydroxylation is 1. The highest BCUT2D eigenvalue weighted by Gasteiger charge is 2.16. The van der Waals surface area contributed by atoms with Gasteiger partial charge >= 0.3 is 0 Å². The average molecular weight is 451 g/mol. The van der Waals surface area contributed by atoms with Crippen molar-refractivity contribution in [3.63, 3.8) is 0 Å². The van der Waals surface area contributed by atoms with E-state index in [1.165, 1.54) is 0 Å². The van der Waals surface area contributed by atoms with Crippen LogP contribution in [0.2, 0.25) is 10.0 Å². The van der Waals surface area contributed by atoms with Gasteiger partial charge in [-0.25, -0.2) is 4.98 Å². The molecule has 0 fully saturated rings. The fraction of sp³-hybridized carbons (Fsp3) is 0.190. The highest BCUT2D eigenvalue weighted by atomic mass is 79.9. The maximum Gasteiger partial charge on any atom is 0.0887 e. The molecule has 0 N–H and O–H groups in total. The van der Waals surface area contributed by atoms with Crippen LogP contribution >= 0.6 is 39.1 Å². The predicted octanol–water partition coefficient (Wildman–Crippen LogP) is 7.19. The van der Waals surface area contributed by atoms with Crippen molar-refractivity contribution in [2.45, 2.75) is 20.0 Å². The number of rotatable bonds is 5.